The average molecular weight is 373 g/mol. The average Bonchev–Trinajstić information content (AvgIpc) is 3.36. The van der Waals surface area contributed by atoms with E-state index in [1.165, 1.54) is 12.8 Å². The van der Waals surface area contributed by atoms with Gasteiger partial charge in [0, 0.05) is 18.2 Å². The molecule has 0 bridgehead atoms. The fourth-order valence-electron chi connectivity index (χ4n) is 3.47. The Balaban J connectivity index is 1.72. The number of nitrogens with one attached hydrogen (secondary N) is 1. The van der Waals surface area contributed by atoms with Gasteiger partial charge in [-0.15, -0.1) is 10.2 Å². The fraction of sp³-hybridized carbons (Fsp3) is 0.526. The lowest BCUT2D eigenvalue weighted by molar-refractivity contribution is 0.0936. The number of ether oxygens (including phenoxy) is 2. The molecule has 1 aliphatic carbocycles. The number of benzene rings is 1. The molecule has 1 aromatic heterocycles. The second-order valence-corrected chi connectivity index (χ2v) is 6.73. The van der Waals surface area contributed by atoms with Crippen LogP contribution in [0.3, 0.4) is 0 Å². The van der Waals surface area contributed by atoms with E-state index in [1.54, 1.807) is 31.6 Å². The van der Waals surface area contributed by atoms with Gasteiger partial charge in [0.15, 0.2) is 17.3 Å². The Morgan fingerprint density at radius 2 is 2.15 bits per heavy atom. The number of hydrogen-bond donors (Lipinski definition) is 2. The minimum Gasteiger partial charge on any atom is -0.493 e. The van der Waals surface area contributed by atoms with Crippen LogP contribution < -0.4 is 20.5 Å². The van der Waals surface area contributed by atoms with Gasteiger partial charge in [-0.1, -0.05) is 12.8 Å². The molecule has 8 nitrogen and oxygen atoms in total. The topological polar surface area (TPSA) is 104 Å². The molecule has 1 saturated carbocycles. The number of hydrogen-bond acceptors (Lipinski definition) is 6. The monoisotopic (exact) mass is 373 g/mol. The van der Waals surface area contributed by atoms with Crippen molar-refractivity contribution in [3.05, 3.63) is 35.9 Å². The minimum atomic E-state index is -0.254. The zero-order valence-electron chi connectivity index (χ0n) is 15.9. The molecule has 1 unspecified atom stereocenters. The molecular weight excluding hydrogens is 346 g/mol. The van der Waals surface area contributed by atoms with Crippen molar-refractivity contribution in [1.82, 2.24) is 20.1 Å². The predicted octanol–water partition coefficient (Wildman–Crippen LogP) is 2.23. The third kappa shape index (κ3) is 4.39. The quantitative estimate of drug-likeness (QED) is 0.735. The van der Waals surface area contributed by atoms with Crippen LogP contribution in [0.5, 0.6) is 11.5 Å². The second-order valence-electron chi connectivity index (χ2n) is 6.73. The van der Waals surface area contributed by atoms with Gasteiger partial charge in [0.25, 0.3) is 5.91 Å². The third-order valence-electron chi connectivity index (χ3n) is 4.85. The molecule has 0 spiro atoms. The number of rotatable bonds is 8. The highest BCUT2D eigenvalue weighted by Gasteiger charge is 2.24. The number of aromatic nitrogens is 3. The molecule has 1 aliphatic rings. The van der Waals surface area contributed by atoms with Crippen molar-refractivity contribution in [3.8, 4) is 11.5 Å². The Morgan fingerprint density at radius 3 is 2.85 bits per heavy atom. The molecule has 1 amide bonds. The van der Waals surface area contributed by atoms with Crippen molar-refractivity contribution in [3.63, 3.8) is 0 Å². The van der Waals surface area contributed by atoms with Gasteiger partial charge in [-0.05, 0) is 38.0 Å². The molecular formula is C19H27N5O3. The smallest absolute Gasteiger partial charge is 0.252 e. The van der Waals surface area contributed by atoms with E-state index in [-0.39, 0.29) is 11.9 Å². The summed E-state index contributed by atoms with van der Waals surface area (Å²) >= 11 is 0. The van der Waals surface area contributed by atoms with Gasteiger partial charge in [-0.3, -0.25) is 4.79 Å². The summed E-state index contributed by atoms with van der Waals surface area (Å²) in [5.41, 5.74) is 5.98. The Labute approximate surface area is 159 Å². The van der Waals surface area contributed by atoms with Gasteiger partial charge in [-0.25, -0.2) is 0 Å². The SMILES string of the molecule is COc1ccc(C(=O)NC(C)c2nncn2C2CCCC2)cc1OCCN. The highest BCUT2D eigenvalue weighted by Crippen LogP contribution is 2.31. The molecule has 1 aromatic carbocycles. The lowest BCUT2D eigenvalue weighted by Gasteiger charge is -2.19. The summed E-state index contributed by atoms with van der Waals surface area (Å²) < 4.78 is 12.9. The van der Waals surface area contributed by atoms with Crippen molar-refractivity contribution >= 4 is 5.91 Å². The lowest BCUT2D eigenvalue weighted by atomic mass is 10.1. The first kappa shape index (κ1) is 19.2. The predicted molar refractivity (Wildman–Crippen MR) is 101 cm³/mol. The van der Waals surface area contributed by atoms with Crippen LogP contribution >= 0.6 is 0 Å². The number of methoxy groups -OCH3 is 1. The van der Waals surface area contributed by atoms with E-state index in [0.717, 1.165) is 18.7 Å². The molecule has 0 aliphatic heterocycles. The molecule has 3 rings (SSSR count). The molecule has 8 heteroatoms. The molecule has 0 radical (unpaired) electrons. The number of amides is 1. The first-order chi connectivity index (χ1) is 13.1. The van der Waals surface area contributed by atoms with Gasteiger partial charge < -0.3 is 25.1 Å². The van der Waals surface area contributed by atoms with E-state index >= 15 is 0 Å². The highest BCUT2D eigenvalue weighted by atomic mass is 16.5. The number of carbonyl (C=O) groups is 1. The summed E-state index contributed by atoms with van der Waals surface area (Å²) in [5.74, 6) is 1.64. The molecule has 1 heterocycles. The maximum Gasteiger partial charge on any atom is 0.252 e. The normalized spacial score (nSPS) is 15.5. The Bertz CT molecular complexity index is 770. The molecule has 3 N–H and O–H groups in total. The molecule has 27 heavy (non-hydrogen) atoms. The zero-order valence-corrected chi connectivity index (χ0v) is 15.9. The van der Waals surface area contributed by atoms with E-state index in [4.69, 9.17) is 15.2 Å². The largest absolute Gasteiger partial charge is 0.493 e. The van der Waals surface area contributed by atoms with Crippen molar-refractivity contribution in [1.29, 1.82) is 0 Å². The summed E-state index contributed by atoms with van der Waals surface area (Å²) in [6.07, 6.45) is 6.47. The van der Waals surface area contributed by atoms with E-state index < -0.39 is 0 Å². The van der Waals surface area contributed by atoms with Crippen molar-refractivity contribution in [2.45, 2.75) is 44.7 Å². The van der Waals surface area contributed by atoms with Crippen molar-refractivity contribution in [2.24, 2.45) is 5.73 Å². The number of nitrogens with zero attached hydrogens (tertiary/aromatic N) is 3. The lowest BCUT2D eigenvalue weighted by Crippen LogP contribution is -2.29. The summed E-state index contributed by atoms with van der Waals surface area (Å²) in [5, 5.41) is 11.3. The van der Waals surface area contributed by atoms with Gasteiger partial charge in [-0.2, -0.15) is 0 Å². The van der Waals surface area contributed by atoms with Crippen LogP contribution in [-0.4, -0.2) is 40.9 Å². The van der Waals surface area contributed by atoms with Crippen LogP contribution in [0.15, 0.2) is 24.5 Å². The Morgan fingerprint density at radius 1 is 1.37 bits per heavy atom. The molecule has 1 atom stereocenters. The highest BCUT2D eigenvalue weighted by molar-refractivity contribution is 5.95. The van der Waals surface area contributed by atoms with Gasteiger partial charge >= 0.3 is 0 Å². The van der Waals surface area contributed by atoms with Crippen LogP contribution in [0.4, 0.5) is 0 Å². The molecule has 2 aromatic rings. The van der Waals surface area contributed by atoms with Gasteiger partial charge in [0.05, 0.1) is 13.2 Å². The van der Waals surface area contributed by atoms with Gasteiger partial charge in [0.2, 0.25) is 0 Å². The minimum absolute atomic E-state index is 0.205. The summed E-state index contributed by atoms with van der Waals surface area (Å²) in [6, 6.07) is 5.26. The van der Waals surface area contributed by atoms with Crippen LogP contribution in [0, 0.1) is 0 Å². The first-order valence-electron chi connectivity index (χ1n) is 9.35. The molecule has 146 valence electrons. The summed E-state index contributed by atoms with van der Waals surface area (Å²) in [6.45, 7) is 2.65. The Hall–Kier alpha value is -2.61. The second kappa shape index (κ2) is 8.85. The maximum absolute atomic E-state index is 12.7. The fourth-order valence-corrected chi connectivity index (χ4v) is 3.47. The standard InChI is InChI=1S/C19H27N5O3/c1-13(18-23-21-12-24(18)15-5-3-4-6-15)22-19(25)14-7-8-16(26-2)17(11-14)27-10-9-20/h7-8,11-13,15H,3-6,9-10,20H2,1-2H3,(H,22,25). The molecule has 1 fully saturated rings. The number of nitrogens with two attached hydrogens (primary N) is 1. The van der Waals surface area contributed by atoms with E-state index in [2.05, 4.69) is 20.1 Å². The van der Waals surface area contributed by atoms with Crippen LogP contribution in [0.1, 0.15) is 60.9 Å². The zero-order chi connectivity index (χ0) is 19.2. The first-order valence-corrected chi connectivity index (χ1v) is 9.35. The van der Waals surface area contributed by atoms with E-state index in [9.17, 15) is 4.79 Å². The summed E-state index contributed by atoms with van der Waals surface area (Å²) in [4.78, 5) is 12.7. The van der Waals surface area contributed by atoms with Crippen LogP contribution in [0.25, 0.3) is 0 Å². The van der Waals surface area contributed by atoms with Crippen molar-refractivity contribution < 1.29 is 14.3 Å². The molecule has 0 saturated heterocycles. The van der Waals surface area contributed by atoms with E-state index in [1.807, 2.05) is 6.92 Å². The summed E-state index contributed by atoms with van der Waals surface area (Å²) in [7, 11) is 1.56. The Kier molecular flexibility index (Phi) is 6.28. The maximum atomic E-state index is 12.7. The van der Waals surface area contributed by atoms with Crippen LogP contribution in [0.2, 0.25) is 0 Å². The number of carbonyl (C=O) groups excluding carboxylic acids is 1. The van der Waals surface area contributed by atoms with Crippen LogP contribution in [-0.2, 0) is 0 Å². The third-order valence-corrected chi connectivity index (χ3v) is 4.85. The van der Waals surface area contributed by atoms with Gasteiger partial charge in [0.1, 0.15) is 12.9 Å². The van der Waals surface area contributed by atoms with Crippen molar-refractivity contribution in [2.75, 3.05) is 20.3 Å². The van der Waals surface area contributed by atoms with E-state index in [0.29, 0.717) is 36.3 Å².